The minimum atomic E-state index is -1.17. The fourth-order valence-corrected chi connectivity index (χ4v) is 4.19. The minimum absolute atomic E-state index is 0.0603. The monoisotopic (exact) mass is 384 g/mol. The van der Waals surface area contributed by atoms with Crippen molar-refractivity contribution in [3.8, 4) is 0 Å². The number of carboxylic acid groups (broad SMARTS) is 1. The number of anilines is 1. The van der Waals surface area contributed by atoms with Crippen molar-refractivity contribution < 1.29 is 24.2 Å². The van der Waals surface area contributed by atoms with Gasteiger partial charge in [-0.15, -0.1) is 0 Å². The maximum Gasteiger partial charge on any atom is 0.338 e. The summed E-state index contributed by atoms with van der Waals surface area (Å²) in [7, 11) is 0. The molecule has 0 spiro atoms. The molecule has 0 radical (unpaired) electrons. The predicted molar refractivity (Wildman–Crippen MR) is 102 cm³/mol. The van der Waals surface area contributed by atoms with Crippen LogP contribution in [0.2, 0.25) is 0 Å². The van der Waals surface area contributed by atoms with Crippen LogP contribution < -0.4 is 10.4 Å². The van der Waals surface area contributed by atoms with Crippen LogP contribution in [0, 0.1) is 23.7 Å². The highest BCUT2D eigenvalue weighted by atomic mass is 16.5. The number of allylic oxidation sites excluding steroid dienone is 2. The Morgan fingerprint density at radius 3 is 2.36 bits per heavy atom. The van der Waals surface area contributed by atoms with Gasteiger partial charge in [-0.3, -0.25) is 4.79 Å². The molecule has 28 heavy (non-hydrogen) atoms. The molecule has 1 N–H and O–H groups in total. The lowest BCUT2D eigenvalue weighted by Crippen LogP contribution is -2.42. The van der Waals surface area contributed by atoms with Crippen LogP contribution in [0.4, 0.5) is 5.69 Å². The van der Waals surface area contributed by atoms with Crippen molar-refractivity contribution in [1.29, 1.82) is 0 Å². The third kappa shape index (κ3) is 4.43. The number of unbranched alkanes of at least 4 members (excludes halogenated alkanes) is 3. The summed E-state index contributed by atoms with van der Waals surface area (Å²) in [6, 6.07) is 6.45. The quantitative estimate of drug-likeness (QED) is 0.401. The van der Waals surface area contributed by atoms with Crippen LogP contribution in [0.25, 0.3) is 0 Å². The van der Waals surface area contributed by atoms with Crippen molar-refractivity contribution in [1.82, 2.24) is 0 Å². The van der Waals surface area contributed by atoms with E-state index in [4.69, 9.17) is 4.74 Å². The van der Waals surface area contributed by atoms with Crippen molar-refractivity contribution in [2.45, 2.75) is 39.0 Å². The fourth-order valence-electron chi connectivity index (χ4n) is 4.19. The molecule has 150 valence electrons. The lowest BCUT2D eigenvalue weighted by Gasteiger charge is -2.27. The number of nitrogens with one attached hydrogen (secondary N) is 1. The van der Waals surface area contributed by atoms with E-state index in [9.17, 15) is 19.5 Å². The first kappa shape index (κ1) is 20.1. The van der Waals surface area contributed by atoms with E-state index in [-0.39, 0.29) is 23.7 Å². The summed E-state index contributed by atoms with van der Waals surface area (Å²) in [4.78, 5) is 36.1. The summed E-state index contributed by atoms with van der Waals surface area (Å²) < 4.78 is 5.24. The molecule has 3 rings (SSSR count). The Morgan fingerprint density at radius 1 is 1.04 bits per heavy atom. The summed E-state index contributed by atoms with van der Waals surface area (Å²) in [5.41, 5.74) is 0.942. The molecular formula is C22H26NO5-. The summed E-state index contributed by atoms with van der Waals surface area (Å²) in [6.45, 7) is 2.53. The number of carbonyl (C=O) groups excluding carboxylic acids is 3. The first-order valence-electron chi connectivity index (χ1n) is 9.98. The molecule has 0 saturated heterocycles. The van der Waals surface area contributed by atoms with E-state index >= 15 is 0 Å². The fraction of sp³-hybridized carbons (Fsp3) is 0.500. The topological polar surface area (TPSA) is 95.5 Å². The van der Waals surface area contributed by atoms with Gasteiger partial charge in [-0.2, -0.15) is 0 Å². The Hall–Kier alpha value is -2.63. The zero-order chi connectivity index (χ0) is 20.1. The van der Waals surface area contributed by atoms with Gasteiger partial charge in [0.1, 0.15) is 0 Å². The maximum absolute atomic E-state index is 12.6. The first-order valence-corrected chi connectivity index (χ1v) is 9.98. The molecule has 0 aliphatic heterocycles. The van der Waals surface area contributed by atoms with Crippen LogP contribution in [0.1, 0.15) is 49.4 Å². The number of rotatable bonds is 9. The number of carboxylic acids is 1. The minimum Gasteiger partial charge on any atom is -0.550 e. The van der Waals surface area contributed by atoms with E-state index in [2.05, 4.69) is 12.2 Å². The molecule has 1 saturated carbocycles. The van der Waals surface area contributed by atoms with Crippen LogP contribution in [-0.2, 0) is 14.3 Å². The van der Waals surface area contributed by atoms with Gasteiger partial charge < -0.3 is 20.0 Å². The second kappa shape index (κ2) is 9.04. The van der Waals surface area contributed by atoms with Crippen molar-refractivity contribution in [2.24, 2.45) is 23.7 Å². The Morgan fingerprint density at radius 2 is 1.71 bits per heavy atom. The van der Waals surface area contributed by atoms with E-state index in [1.165, 1.54) is 0 Å². The van der Waals surface area contributed by atoms with Crippen LogP contribution in [0.3, 0.4) is 0 Å². The molecular weight excluding hydrogens is 358 g/mol. The number of aliphatic carboxylic acids is 1. The summed E-state index contributed by atoms with van der Waals surface area (Å²) in [5.74, 6) is -3.46. The van der Waals surface area contributed by atoms with Gasteiger partial charge in [0.05, 0.1) is 18.1 Å². The molecule has 6 heteroatoms. The van der Waals surface area contributed by atoms with Gasteiger partial charge in [0.15, 0.2) is 0 Å². The molecule has 4 unspecified atom stereocenters. The molecule has 2 bridgehead atoms. The molecule has 2 aliphatic carbocycles. The third-order valence-electron chi connectivity index (χ3n) is 5.65. The third-order valence-corrected chi connectivity index (χ3v) is 5.65. The Bertz CT molecular complexity index is 755. The Kier molecular flexibility index (Phi) is 6.49. The highest BCUT2D eigenvalue weighted by Crippen LogP contribution is 2.48. The van der Waals surface area contributed by atoms with Gasteiger partial charge in [0.2, 0.25) is 5.91 Å². The number of carbonyl (C=O) groups is 3. The van der Waals surface area contributed by atoms with Crippen LogP contribution in [0.5, 0.6) is 0 Å². The lowest BCUT2D eigenvalue weighted by molar-refractivity contribution is -0.313. The van der Waals surface area contributed by atoms with Gasteiger partial charge in [0, 0.05) is 17.6 Å². The smallest absolute Gasteiger partial charge is 0.338 e. The predicted octanol–water partition coefficient (Wildman–Crippen LogP) is 2.55. The first-order chi connectivity index (χ1) is 13.5. The van der Waals surface area contributed by atoms with E-state index in [0.29, 0.717) is 24.3 Å². The van der Waals surface area contributed by atoms with Gasteiger partial charge in [0.25, 0.3) is 0 Å². The Labute approximate surface area is 165 Å². The number of hydrogen-bond acceptors (Lipinski definition) is 5. The van der Waals surface area contributed by atoms with Crippen LogP contribution in [-0.4, -0.2) is 24.5 Å². The number of hydrogen-bond donors (Lipinski definition) is 1. The molecule has 1 aromatic rings. The van der Waals surface area contributed by atoms with E-state index in [1.54, 1.807) is 24.3 Å². The number of esters is 1. The van der Waals surface area contributed by atoms with Crippen LogP contribution >= 0.6 is 0 Å². The standard InChI is InChI=1S/C22H27NO5/c1-2-3-4-5-12-28-22(27)14-8-10-17(11-9-14)23-20(24)18-15-6-7-16(13-15)19(18)21(25)26/h6-11,15-16,18-19H,2-5,12-13H2,1H3,(H,23,24)(H,25,26)/p-1. The summed E-state index contributed by atoms with van der Waals surface area (Å²) in [5, 5.41) is 14.2. The number of ether oxygens (including phenoxy) is 1. The van der Waals surface area contributed by atoms with Gasteiger partial charge in [-0.25, -0.2) is 4.79 Å². The molecule has 6 nitrogen and oxygen atoms in total. The molecule has 4 atom stereocenters. The molecule has 0 heterocycles. The average molecular weight is 384 g/mol. The summed E-state index contributed by atoms with van der Waals surface area (Å²) in [6.07, 6.45) is 8.63. The van der Waals surface area contributed by atoms with Gasteiger partial charge >= 0.3 is 5.97 Å². The zero-order valence-corrected chi connectivity index (χ0v) is 16.1. The van der Waals surface area contributed by atoms with Crippen molar-refractivity contribution >= 4 is 23.5 Å². The zero-order valence-electron chi connectivity index (χ0n) is 16.1. The second-order valence-electron chi connectivity index (χ2n) is 7.58. The number of benzene rings is 1. The Balaban J connectivity index is 1.54. The highest BCUT2D eigenvalue weighted by Gasteiger charge is 2.48. The largest absolute Gasteiger partial charge is 0.550 e. The average Bonchev–Trinajstić information content (AvgIpc) is 3.29. The SMILES string of the molecule is CCCCCCOC(=O)c1ccc(NC(=O)C2C3C=CC(C3)C2C(=O)[O-])cc1. The summed E-state index contributed by atoms with van der Waals surface area (Å²) >= 11 is 0. The van der Waals surface area contributed by atoms with E-state index in [0.717, 1.165) is 25.7 Å². The number of fused-ring (bicyclic) bond motifs is 2. The van der Waals surface area contributed by atoms with E-state index in [1.807, 2.05) is 12.2 Å². The van der Waals surface area contributed by atoms with Crippen molar-refractivity contribution in [2.75, 3.05) is 11.9 Å². The highest BCUT2D eigenvalue weighted by molar-refractivity contribution is 5.97. The second-order valence-corrected chi connectivity index (χ2v) is 7.58. The molecule has 1 aromatic carbocycles. The number of amides is 1. The molecule has 2 aliphatic rings. The lowest BCUT2D eigenvalue weighted by atomic mass is 9.82. The van der Waals surface area contributed by atoms with Gasteiger partial charge in [-0.05, 0) is 48.9 Å². The van der Waals surface area contributed by atoms with Crippen molar-refractivity contribution in [3.05, 3.63) is 42.0 Å². The van der Waals surface area contributed by atoms with Gasteiger partial charge in [-0.1, -0.05) is 38.3 Å². The normalized spacial score (nSPS) is 24.9. The maximum atomic E-state index is 12.6. The van der Waals surface area contributed by atoms with E-state index < -0.39 is 17.8 Å². The molecule has 0 aromatic heterocycles. The molecule has 1 amide bonds. The van der Waals surface area contributed by atoms with Crippen LogP contribution in [0.15, 0.2) is 36.4 Å². The molecule has 1 fully saturated rings. The van der Waals surface area contributed by atoms with Crippen molar-refractivity contribution in [3.63, 3.8) is 0 Å².